The van der Waals surface area contributed by atoms with Crippen LogP contribution in [0.1, 0.15) is 36.5 Å². The molecule has 0 unspecified atom stereocenters. The normalized spacial score (nSPS) is 21.5. The van der Waals surface area contributed by atoms with Crippen molar-refractivity contribution in [3.05, 3.63) is 53.1 Å². The number of ether oxygens (including phenoxy) is 2. The lowest BCUT2D eigenvalue weighted by molar-refractivity contribution is -0.133. The third kappa shape index (κ3) is 5.86. The Morgan fingerprint density at radius 2 is 1.94 bits per heavy atom. The fourth-order valence-corrected chi connectivity index (χ4v) is 4.61. The van der Waals surface area contributed by atoms with Crippen molar-refractivity contribution in [2.24, 2.45) is 0 Å². The standard InChI is InChI=1S/C25H29ClN4O5/c1-3-27-23(31)13-16-9-10-20-22(35-16)14-34-21-11-8-15(12-17(21)24(32)30(20)2)28-25(33)29-19-7-5-4-6-18(19)26/h4-8,11-12,16,20,22H,3,9-10,13-14H2,1-2H3,(H,27,31)(H2,28,29,33)/t16-,20-,22-/m0/s1. The number of likely N-dealkylation sites (N-methyl/N-ethyl adjacent to an activating group) is 1. The molecule has 0 aromatic heterocycles. The Morgan fingerprint density at radius 3 is 2.71 bits per heavy atom. The molecule has 0 bridgehead atoms. The molecule has 3 atom stereocenters. The number of anilines is 2. The molecule has 35 heavy (non-hydrogen) atoms. The maximum atomic E-state index is 13.3. The number of amides is 4. The van der Waals surface area contributed by atoms with Crippen LogP contribution in [-0.4, -0.2) is 61.2 Å². The van der Waals surface area contributed by atoms with E-state index in [0.717, 1.165) is 0 Å². The van der Waals surface area contributed by atoms with Gasteiger partial charge in [-0.1, -0.05) is 23.7 Å². The van der Waals surface area contributed by atoms with E-state index in [1.54, 1.807) is 54.4 Å². The second kappa shape index (κ2) is 11.0. The summed E-state index contributed by atoms with van der Waals surface area (Å²) in [6.45, 7) is 2.71. The van der Waals surface area contributed by atoms with E-state index in [4.69, 9.17) is 21.1 Å². The molecular weight excluding hydrogens is 472 g/mol. The van der Waals surface area contributed by atoms with E-state index in [9.17, 15) is 14.4 Å². The van der Waals surface area contributed by atoms with Crippen LogP contribution in [0.4, 0.5) is 16.2 Å². The SMILES string of the molecule is CCNC(=O)C[C@@H]1CC[C@H]2[C@H](COc3ccc(NC(=O)Nc4ccccc4Cl)cc3C(=O)N2C)O1. The zero-order valence-corrected chi connectivity index (χ0v) is 20.4. The molecule has 0 spiro atoms. The minimum absolute atomic E-state index is 0.0453. The lowest BCUT2D eigenvalue weighted by Crippen LogP contribution is -2.54. The monoisotopic (exact) mass is 500 g/mol. The van der Waals surface area contributed by atoms with Gasteiger partial charge in [0.1, 0.15) is 18.5 Å². The summed E-state index contributed by atoms with van der Waals surface area (Å²) in [4.78, 5) is 39.4. The Balaban J connectivity index is 1.46. The van der Waals surface area contributed by atoms with Gasteiger partial charge in [0.15, 0.2) is 0 Å². The van der Waals surface area contributed by atoms with Crippen LogP contribution in [-0.2, 0) is 9.53 Å². The minimum Gasteiger partial charge on any atom is -0.490 e. The fraction of sp³-hybridized carbons (Fsp3) is 0.400. The van der Waals surface area contributed by atoms with E-state index in [1.165, 1.54) is 0 Å². The molecular formula is C25H29ClN4O5. The Labute approximate surface area is 209 Å². The number of carbonyl (C=O) groups is 3. The van der Waals surface area contributed by atoms with Gasteiger partial charge in [-0.05, 0) is 50.1 Å². The Bertz CT molecular complexity index is 1110. The van der Waals surface area contributed by atoms with Crippen molar-refractivity contribution in [3.63, 3.8) is 0 Å². The summed E-state index contributed by atoms with van der Waals surface area (Å²) in [5, 5.41) is 8.64. The van der Waals surface area contributed by atoms with E-state index >= 15 is 0 Å². The summed E-state index contributed by atoms with van der Waals surface area (Å²) in [5.41, 5.74) is 1.27. The van der Waals surface area contributed by atoms with Gasteiger partial charge in [0.2, 0.25) is 5.91 Å². The summed E-state index contributed by atoms with van der Waals surface area (Å²) in [6.07, 6.45) is 1.11. The quantitative estimate of drug-likeness (QED) is 0.577. The number of fused-ring (bicyclic) bond motifs is 2. The maximum absolute atomic E-state index is 13.3. The van der Waals surface area contributed by atoms with Crippen LogP contribution >= 0.6 is 11.6 Å². The number of rotatable bonds is 5. The first-order valence-corrected chi connectivity index (χ1v) is 12.0. The van der Waals surface area contributed by atoms with Gasteiger partial charge < -0.3 is 30.3 Å². The summed E-state index contributed by atoms with van der Waals surface area (Å²) < 4.78 is 12.1. The van der Waals surface area contributed by atoms with E-state index in [2.05, 4.69) is 16.0 Å². The highest BCUT2D eigenvalue weighted by molar-refractivity contribution is 6.33. The first-order chi connectivity index (χ1) is 16.9. The number of nitrogens with zero attached hydrogens (tertiary/aromatic N) is 1. The molecule has 2 heterocycles. The van der Waals surface area contributed by atoms with Gasteiger partial charge in [-0.15, -0.1) is 0 Å². The topological polar surface area (TPSA) is 109 Å². The third-order valence-electron chi connectivity index (χ3n) is 6.18. The number of hydrogen-bond acceptors (Lipinski definition) is 5. The third-order valence-corrected chi connectivity index (χ3v) is 6.51. The van der Waals surface area contributed by atoms with E-state index < -0.39 is 6.03 Å². The largest absolute Gasteiger partial charge is 0.490 e. The van der Waals surface area contributed by atoms with Crippen molar-refractivity contribution in [2.45, 2.75) is 44.4 Å². The molecule has 2 aromatic carbocycles. The Kier molecular flexibility index (Phi) is 7.77. The minimum atomic E-state index is -0.482. The zero-order valence-electron chi connectivity index (χ0n) is 19.7. The van der Waals surface area contributed by atoms with Crippen LogP contribution in [0.25, 0.3) is 0 Å². The van der Waals surface area contributed by atoms with Crippen LogP contribution in [0, 0.1) is 0 Å². The van der Waals surface area contributed by atoms with E-state index in [1.807, 2.05) is 6.92 Å². The predicted octanol–water partition coefficient (Wildman–Crippen LogP) is 3.89. The summed E-state index contributed by atoms with van der Waals surface area (Å²) >= 11 is 6.10. The number of para-hydroxylation sites is 1. The van der Waals surface area contributed by atoms with Gasteiger partial charge in [0, 0.05) is 19.3 Å². The molecule has 4 amide bonds. The Morgan fingerprint density at radius 1 is 1.14 bits per heavy atom. The highest BCUT2D eigenvalue weighted by Crippen LogP contribution is 2.32. The summed E-state index contributed by atoms with van der Waals surface area (Å²) in [7, 11) is 1.74. The lowest BCUT2D eigenvalue weighted by Gasteiger charge is -2.42. The van der Waals surface area contributed by atoms with Gasteiger partial charge in [0.25, 0.3) is 5.91 Å². The predicted molar refractivity (Wildman–Crippen MR) is 133 cm³/mol. The first-order valence-electron chi connectivity index (χ1n) is 11.6. The van der Waals surface area contributed by atoms with Crippen molar-refractivity contribution in [1.29, 1.82) is 0 Å². The van der Waals surface area contributed by atoms with Crippen LogP contribution in [0.3, 0.4) is 0 Å². The molecule has 9 nitrogen and oxygen atoms in total. The number of nitrogens with one attached hydrogen (secondary N) is 3. The van der Waals surface area contributed by atoms with Gasteiger partial charge >= 0.3 is 6.03 Å². The Hall–Kier alpha value is -3.30. The van der Waals surface area contributed by atoms with E-state index in [-0.39, 0.29) is 43.1 Å². The smallest absolute Gasteiger partial charge is 0.323 e. The molecule has 3 N–H and O–H groups in total. The zero-order chi connectivity index (χ0) is 24.9. The van der Waals surface area contributed by atoms with Crippen molar-refractivity contribution in [1.82, 2.24) is 10.2 Å². The number of benzene rings is 2. The maximum Gasteiger partial charge on any atom is 0.323 e. The molecule has 1 fully saturated rings. The molecule has 1 saturated heterocycles. The van der Waals surface area contributed by atoms with E-state index in [0.29, 0.717) is 47.1 Å². The molecule has 2 aliphatic heterocycles. The summed E-state index contributed by atoms with van der Waals surface area (Å²) in [5.74, 6) is 0.138. The highest BCUT2D eigenvalue weighted by atomic mass is 35.5. The van der Waals surface area contributed by atoms with Crippen LogP contribution in [0.15, 0.2) is 42.5 Å². The molecule has 0 aliphatic carbocycles. The second-order valence-electron chi connectivity index (χ2n) is 8.60. The van der Waals surface area contributed by atoms with Gasteiger partial charge in [-0.3, -0.25) is 9.59 Å². The molecule has 10 heteroatoms. The highest BCUT2D eigenvalue weighted by Gasteiger charge is 2.39. The van der Waals surface area contributed by atoms with Gasteiger partial charge in [0.05, 0.1) is 34.8 Å². The van der Waals surface area contributed by atoms with Crippen molar-refractivity contribution in [2.75, 3.05) is 30.8 Å². The fourth-order valence-electron chi connectivity index (χ4n) is 4.43. The average Bonchev–Trinajstić information content (AvgIpc) is 2.83. The van der Waals surface area contributed by atoms with Gasteiger partial charge in [-0.25, -0.2) is 4.79 Å². The number of carbonyl (C=O) groups excluding carboxylic acids is 3. The van der Waals surface area contributed by atoms with Crippen molar-refractivity contribution >= 4 is 40.8 Å². The first kappa shape index (κ1) is 24.8. The van der Waals surface area contributed by atoms with Crippen molar-refractivity contribution in [3.8, 4) is 5.75 Å². The lowest BCUT2D eigenvalue weighted by atomic mass is 9.94. The second-order valence-corrected chi connectivity index (χ2v) is 9.00. The van der Waals surface area contributed by atoms with Crippen LogP contribution < -0.4 is 20.7 Å². The van der Waals surface area contributed by atoms with Gasteiger partial charge in [-0.2, -0.15) is 0 Å². The van der Waals surface area contributed by atoms with Crippen LogP contribution in [0.2, 0.25) is 5.02 Å². The number of urea groups is 1. The number of hydrogen-bond donors (Lipinski definition) is 3. The summed E-state index contributed by atoms with van der Waals surface area (Å²) in [6, 6.07) is 11.2. The molecule has 0 radical (unpaired) electrons. The molecule has 2 aliphatic rings. The number of halogens is 1. The molecule has 4 rings (SSSR count). The molecule has 2 aromatic rings. The molecule has 0 saturated carbocycles. The average molecular weight is 501 g/mol. The van der Waals surface area contributed by atoms with Crippen molar-refractivity contribution < 1.29 is 23.9 Å². The molecule has 186 valence electrons. The van der Waals surface area contributed by atoms with Crippen LogP contribution in [0.5, 0.6) is 5.75 Å².